The van der Waals surface area contributed by atoms with Crippen molar-refractivity contribution in [3.8, 4) is 22.4 Å². The lowest BCUT2D eigenvalue weighted by Crippen LogP contribution is -2.24. The van der Waals surface area contributed by atoms with Gasteiger partial charge in [0, 0.05) is 50.1 Å². The summed E-state index contributed by atoms with van der Waals surface area (Å²) in [4.78, 5) is 7.13. The maximum atomic E-state index is 14.9. The van der Waals surface area contributed by atoms with Gasteiger partial charge in [-0.15, -0.1) is 0 Å². The van der Waals surface area contributed by atoms with Gasteiger partial charge in [0.05, 0.1) is 5.69 Å². The second kappa shape index (κ2) is 13.2. The van der Waals surface area contributed by atoms with Crippen LogP contribution in [-0.4, -0.2) is 4.98 Å². The molecule has 0 N–H and O–H groups in total. The number of fused-ring (bicyclic) bond motifs is 1. The van der Waals surface area contributed by atoms with Crippen LogP contribution in [0.4, 0.5) is 17.1 Å². The number of hydrogen-bond donors (Lipinski definition) is 0. The summed E-state index contributed by atoms with van der Waals surface area (Å²) in [5.41, 5.74) is 7.44. The van der Waals surface area contributed by atoms with E-state index in [1.807, 2.05) is 91.1 Å². The second-order valence-corrected chi connectivity index (χ2v) is 14.7. The number of hydrogen-bond acceptors (Lipinski definition) is 3. The van der Waals surface area contributed by atoms with E-state index in [0.29, 0.717) is 0 Å². The van der Waals surface area contributed by atoms with Gasteiger partial charge in [-0.05, 0) is 59.0 Å². The summed E-state index contributed by atoms with van der Waals surface area (Å²) in [6.07, 6.45) is 1.89. The number of anilines is 3. The Hall–Kier alpha value is -6.02. The van der Waals surface area contributed by atoms with Crippen LogP contribution in [0.5, 0.6) is 0 Å². The zero-order valence-electron chi connectivity index (χ0n) is 26.8. The Morgan fingerprint density at radius 2 is 0.857 bits per heavy atom. The maximum Gasteiger partial charge on any atom is 0.171 e. The van der Waals surface area contributed by atoms with Crippen LogP contribution in [0.2, 0.25) is 0 Å². The van der Waals surface area contributed by atoms with E-state index in [4.69, 9.17) is 4.98 Å². The quantitative estimate of drug-likeness (QED) is 0.154. The first-order valence-corrected chi connectivity index (χ1v) is 18.1. The molecule has 0 fully saturated rings. The molecule has 0 aliphatic rings. The van der Waals surface area contributed by atoms with Gasteiger partial charge in [-0.1, -0.05) is 152 Å². The van der Waals surface area contributed by atoms with E-state index in [1.165, 1.54) is 0 Å². The predicted molar refractivity (Wildman–Crippen MR) is 207 cm³/mol. The van der Waals surface area contributed by atoms with Crippen molar-refractivity contribution in [1.82, 2.24) is 4.98 Å². The molecule has 1 aromatic heterocycles. The molecular weight excluding hydrogens is 615 g/mol. The third kappa shape index (κ3) is 5.75. The van der Waals surface area contributed by atoms with Crippen molar-refractivity contribution in [2.75, 3.05) is 4.90 Å². The summed E-state index contributed by atoms with van der Waals surface area (Å²) in [5.74, 6) is 0. The topological polar surface area (TPSA) is 33.2 Å². The van der Waals surface area contributed by atoms with Gasteiger partial charge < -0.3 is 9.46 Å². The van der Waals surface area contributed by atoms with E-state index in [0.717, 1.165) is 66.1 Å². The van der Waals surface area contributed by atoms with Gasteiger partial charge in [-0.3, -0.25) is 4.98 Å². The van der Waals surface area contributed by atoms with Crippen molar-refractivity contribution < 1.29 is 4.57 Å². The number of pyridine rings is 1. The zero-order valence-corrected chi connectivity index (χ0v) is 27.7. The Bertz CT molecular complexity index is 2300. The van der Waals surface area contributed by atoms with E-state index in [-0.39, 0.29) is 0 Å². The van der Waals surface area contributed by atoms with Gasteiger partial charge in [0.25, 0.3) is 0 Å². The third-order valence-corrected chi connectivity index (χ3v) is 12.1. The van der Waals surface area contributed by atoms with Crippen LogP contribution in [0.3, 0.4) is 0 Å². The summed E-state index contributed by atoms with van der Waals surface area (Å²) < 4.78 is 14.9. The number of aromatic nitrogens is 1. The normalized spacial score (nSPS) is 11.3. The molecule has 49 heavy (non-hydrogen) atoms. The number of nitrogens with zero attached hydrogens (tertiary/aromatic N) is 2. The van der Waals surface area contributed by atoms with Gasteiger partial charge >= 0.3 is 0 Å². The van der Waals surface area contributed by atoms with E-state index in [9.17, 15) is 4.57 Å². The molecule has 0 saturated heterocycles. The molecule has 0 bridgehead atoms. The highest BCUT2D eigenvalue weighted by molar-refractivity contribution is 7.85. The fraction of sp³-hybridized carbons (Fsp3) is 0. The first kappa shape index (κ1) is 30.3. The fourth-order valence-corrected chi connectivity index (χ4v) is 9.28. The Kier molecular flexibility index (Phi) is 8.19. The van der Waals surface area contributed by atoms with Crippen molar-refractivity contribution in [3.63, 3.8) is 0 Å². The van der Waals surface area contributed by atoms with Crippen LogP contribution in [-0.2, 0) is 4.57 Å². The molecule has 0 aliphatic heterocycles. The Labute approximate surface area is 287 Å². The third-order valence-electron chi connectivity index (χ3n) is 9.02. The molecule has 0 unspecified atom stereocenters. The van der Waals surface area contributed by atoms with Crippen LogP contribution in [0.15, 0.2) is 200 Å². The predicted octanol–water partition coefficient (Wildman–Crippen LogP) is 10.7. The highest BCUT2D eigenvalue weighted by Crippen LogP contribution is 2.43. The SMILES string of the molecule is O=P(c1ccccc1)(c1ccccc1)c1ccc(-c2cccc3c(-c4ccc(N(c5ccccc5)c5ccccc5)cc4)nccc23)cc1. The van der Waals surface area contributed by atoms with Crippen molar-refractivity contribution in [1.29, 1.82) is 0 Å². The first-order chi connectivity index (χ1) is 24.2. The van der Waals surface area contributed by atoms with Gasteiger partial charge in [0.2, 0.25) is 0 Å². The van der Waals surface area contributed by atoms with Crippen molar-refractivity contribution in [2.45, 2.75) is 0 Å². The summed E-state index contributed by atoms with van der Waals surface area (Å²) in [6, 6.07) is 65.8. The molecule has 0 spiro atoms. The van der Waals surface area contributed by atoms with E-state index in [1.54, 1.807) is 0 Å². The van der Waals surface area contributed by atoms with E-state index < -0.39 is 7.14 Å². The number of rotatable bonds is 8. The average molecular weight is 649 g/mol. The van der Waals surface area contributed by atoms with Crippen LogP contribution >= 0.6 is 7.14 Å². The van der Waals surface area contributed by atoms with Gasteiger partial charge in [-0.25, -0.2) is 0 Å². The molecule has 0 saturated carbocycles. The van der Waals surface area contributed by atoms with Gasteiger partial charge in [0.1, 0.15) is 0 Å². The molecule has 0 atom stereocenters. The monoisotopic (exact) mass is 648 g/mol. The first-order valence-electron chi connectivity index (χ1n) is 16.4. The summed E-state index contributed by atoms with van der Waals surface area (Å²) in [6.45, 7) is 0. The smallest absolute Gasteiger partial charge is 0.171 e. The van der Waals surface area contributed by atoms with Crippen molar-refractivity contribution in [2.24, 2.45) is 0 Å². The summed E-state index contributed by atoms with van der Waals surface area (Å²) in [5, 5.41) is 4.68. The Balaban J connectivity index is 1.16. The Morgan fingerprint density at radius 1 is 0.388 bits per heavy atom. The number of para-hydroxylation sites is 2. The van der Waals surface area contributed by atoms with Gasteiger partial charge in [-0.2, -0.15) is 0 Å². The van der Waals surface area contributed by atoms with Gasteiger partial charge in [0.15, 0.2) is 7.14 Å². The number of benzene rings is 7. The molecule has 8 aromatic rings. The molecule has 7 aromatic carbocycles. The summed E-state index contributed by atoms with van der Waals surface area (Å²) >= 11 is 0. The van der Waals surface area contributed by atoms with Crippen molar-refractivity contribution >= 4 is 50.9 Å². The minimum atomic E-state index is -3.05. The largest absolute Gasteiger partial charge is 0.311 e. The van der Waals surface area contributed by atoms with Crippen LogP contribution in [0, 0.1) is 0 Å². The molecule has 4 heteroatoms. The molecule has 0 amide bonds. The van der Waals surface area contributed by atoms with E-state index >= 15 is 0 Å². The lowest BCUT2D eigenvalue weighted by atomic mass is 9.96. The molecule has 1 heterocycles. The van der Waals surface area contributed by atoms with Crippen molar-refractivity contribution in [3.05, 3.63) is 200 Å². The van der Waals surface area contributed by atoms with Crippen LogP contribution < -0.4 is 20.8 Å². The molecule has 0 radical (unpaired) electrons. The Morgan fingerprint density at radius 3 is 1.41 bits per heavy atom. The second-order valence-electron chi connectivity index (χ2n) is 11.9. The van der Waals surface area contributed by atoms with Crippen LogP contribution in [0.1, 0.15) is 0 Å². The van der Waals surface area contributed by atoms with E-state index in [2.05, 4.69) is 114 Å². The molecule has 3 nitrogen and oxygen atoms in total. The molecule has 8 rings (SSSR count). The summed E-state index contributed by atoms with van der Waals surface area (Å²) in [7, 11) is -3.05. The fourth-order valence-electron chi connectivity index (χ4n) is 6.63. The maximum absolute atomic E-state index is 14.9. The highest BCUT2D eigenvalue weighted by Gasteiger charge is 2.29. The molecule has 0 aliphatic carbocycles. The zero-order chi connectivity index (χ0) is 33.0. The molecule has 234 valence electrons. The average Bonchev–Trinajstić information content (AvgIpc) is 3.19. The minimum absolute atomic E-state index is 0.816. The molecular formula is C45H33N2OP. The van der Waals surface area contributed by atoms with Crippen LogP contribution in [0.25, 0.3) is 33.2 Å². The highest BCUT2D eigenvalue weighted by atomic mass is 31.2. The lowest BCUT2D eigenvalue weighted by molar-refractivity contribution is 0.592. The lowest BCUT2D eigenvalue weighted by Gasteiger charge is -2.25. The minimum Gasteiger partial charge on any atom is -0.311 e. The standard InChI is InChI=1S/C45H33N2OP/c48-49(39-18-9-3-10-19-39,40-20-11-4-12-21-40)41-30-26-34(27-31-41)42-22-13-23-44-43(42)32-33-46-45(44)35-24-28-38(29-25-35)47(36-14-5-1-6-15-36)37-16-7-2-8-17-37/h1-33H.